The van der Waals surface area contributed by atoms with Gasteiger partial charge in [0.25, 0.3) is 0 Å². The second-order valence-corrected chi connectivity index (χ2v) is 3.30. The molecule has 0 aliphatic rings. The highest BCUT2D eigenvalue weighted by molar-refractivity contribution is 5.79. The molecule has 0 amide bonds. The Hall–Kier alpha value is -1.31. The van der Waals surface area contributed by atoms with Crippen molar-refractivity contribution in [3.63, 3.8) is 0 Å². The Balaban J connectivity index is 2.58. The van der Waals surface area contributed by atoms with E-state index in [9.17, 15) is 0 Å². The van der Waals surface area contributed by atoms with Crippen LogP contribution in [0.25, 0.3) is 0 Å². The highest BCUT2D eigenvalue weighted by atomic mass is 16.6. The first kappa shape index (κ1) is 9.78. The number of aryl methyl sites for hydroxylation is 1. The smallest absolute Gasteiger partial charge is 0.122 e. The molecule has 1 aromatic carbocycles. The van der Waals surface area contributed by atoms with Gasteiger partial charge < -0.3 is 4.84 Å². The van der Waals surface area contributed by atoms with Crippen LogP contribution >= 0.6 is 0 Å². The molecule has 0 heterocycles. The van der Waals surface area contributed by atoms with Crippen LogP contribution in [-0.2, 0) is 4.84 Å². The van der Waals surface area contributed by atoms with E-state index in [1.807, 2.05) is 26.0 Å². The molecule has 1 aromatic rings. The van der Waals surface area contributed by atoms with E-state index in [0.717, 1.165) is 5.56 Å². The van der Waals surface area contributed by atoms with Crippen LogP contribution < -0.4 is 0 Å². The van der Waals surface area contributed by atoms with E-state index in [-0.39, 0.29) is 6.10 Å². The van der Waals surface area contributed by atoms with Gasteiger partial charge >= 0.3 is 0 Å². The fourth-order valence-corrected chi connectivity index (χ4v) is 0.963. The number of rotatable bonds is 3. The predicted octanol–water partition coefficient (Wildman–Crippen LogP) is 2.75. The van der Waals surface area contributed by atoms with Crippen molar-refractivity contribution in [2.45, 2.75) is 26.9 Å². The van der Waals surface area contributed by atoms with E-state index >= 15 is 0 Å². The molecule has 13 heavy (non-hydrogen) atoms. The minimum Gasteiger partial charge on any atom is -0.393 e. The summed E-state index contributed by atoms with van der Waals surface area (Å²) in [7, 11) is 0. The Morgan fingerprint density at radius 3 is 2.77 bits per heavy atom. The molecule has 0 aliphatic carbocycles. The van der Waals surface area contributed by atoms with Gasteiger partial charge in [-0.3, -0.25) is 0 Å². The molecule has 70 valence electrons. The van der Waals surface area contributed by atoms with Gasteiger partial charge in [-0.2, -0.15) is 0 Å². The maximum Gasteiger partial charge on any atom is 0.122 e. The number of hydrogen-bond donors (Lipinski definition) is 0. The molecule has 0 spiro atoms. The zero-order valence-corrected chi connectivity index (χ0v) is 8.32. The summed E-state index contributed by atoms with van der Waals surface area (Å²) in [5, 5.41) is 3.86. The summed E-state index contributed by atoms with van der Waals surface area (Å²) in [6.07, 6.45) is 1.87. The van der Waals surface area contributed by atoms with Gasteiger partial charge in [-0.15, -0.1) is 0 Å². The summed E-state index contributed by atoms with van der Waals surface area (Å²) in [4.78, 5) is 5.06. The Labute approximate surface area is 79.2 Å². The first-order valence-corrected chi connectivity index (χ1v) is 4.44. The van der Waals surface area contributed by atoms with Gasteiger partial charge in [-0.25, -0.2) is 0 Å². The predicted molar refractivity (Wildman–Crippen MR) is 55.0 cm³/mol. The molecule has 0 N–H and O–H groups in total. The fourth-order valence-electron chi connectivity index (χ4n) is 0.963. The standard InChI is InChI=1S/C11H15NO/c1-9(2)13-12-8-11-6-4-5-10(3)7-11/h4-9H,1-3H3. The molecule has 0 aliphatic heterocycles. The summed E-state index contributed by atoms with van der Waals surface area (Å²) >= 11 is 0. The Bertz CT molecular complexity index is 292. The van der Waals surface area contributed by atoms with Crippen molar-refractivity contribution in [3.05, 3.63) is 35.4 Å². The van der Waals surface area contributed by atoms with E-state index in [2.05, 4.69) is 24.2 Å². The van der Waals surface area contributed by atoms with Crippen LogP contribution in [0, 0.1) is 6.92 Å². The van der Waals surface area contributed by atoms with E-state index < -0.39 is 0 Å². The largest absolute Gasteiger partial charge is 0.393 e. The van der Waals surface area contributed by atoms with Crippen LogP contribution in [0.15, 0.2) is 29.4 Å². The molecule has 0 atom stereocenters. The average Bonchev–Trinajstić information content (AvgIpc) is 2.03. The third-order valence-corrected chi connectivity index (χ3v) is 1.52. The zero-order chi connectivity index (χ0) is 9.68. The van der Waals surface area contributed by atoms with Gasteiger partial charge in [0.1, 0.15) is 6.10 Å². The summed E-state index contributed by atoms with van der Waals surface area (Å²) in [5.74, 6) is 0. The van der Waals surface area contributed by atoms with Crippen molar-refractivity contribution in [2.24, 2.45) is 5.16 Å². The highest BCUT2D eigenvalue weighted by Crippen LogP contribution is 2.01. The normalized spacial score (nSPS) is 11.1. The molecule has 2 nitrogen and oxygen atoms in total. The Morgan fingerprint density at radius 1 is 1.38 bits per heavy atom. The van der Waals surface area contributed by atoms with Gasteiger partial charge in [-0.1, -0.05) is 35.0 Å². The molecule has 2 heteroatoms. The Kier molecular flexibility index (Phi) is 3.50. The number of nitrogens with zero attached hydrogens (tertiary/aromatic N) is 1. The lowest BCUT2D eigenvalue weighted by Gasteiger charge is -2.00. The first-order chi connectivity index (χ1) is 6.18. The highest BCUT2D eigenvalue weighted by Gasteiger charge is 1.90. The second kappa shape index (κ2) is 4.65. The average molecular weight is 177 g/mol. The summed E-state index contributed by atoms with van der Waals surface area (Å²) in [5.41, 5.74) is 2.30. The molecule has 0 saturated heterocycles. The van der Waals surface area contributed by atoms with Crippen molar-refractivity contribution in [1.29, 1.82) is 0 Å². The van der Waals surface area contributed by atoms with E-state index in [1.54, 1.807) is 6.21 Å². The summed E-state index contributed by atoms with van der Waals surface area (Å²) in [6, 6.07) is 8.13. The molecule has 0 bridgehead atoms. The number of benzene rings is 1. The van der Waals surface area contributed by atoms with Crippen LogP contribution in [0.2, 0.25) is 0 Å². The van der Waals surface area contributed by atoms with E-state index in [0.29, 0.717) is 0 Å². The maximum atomic E-state index is 5.06. The van der Waals surface area contributed by atoms with Gasteiger partial charge in [0.2, 0.25) is 0 Å². The maximum absolute atomic E-state index is 5.06. The van der Waals surface area contributed by atoms with Crippen molar-refractivity contribution in [3.8, 4) is 0 Å². The van der Waals surface area contributed by atoms with Crippen LogP contribution in [0.1, 0.15) is 25.0 Å². The van der Waals surface area contributed by atoms with Crippen molar-refractivity contribution < 1.29 is 4.84 Å². The third-order valence-electron chi connectivity index (χ3n) is 1.52. The minimum atomic E-state index is 0.140. The van der Waals surface area contributed by atoms with Gasteiger partial charge in [0.05, 0.1) is 6.21 Å². The van der Waals surface area contributed by atoms with Crippen LogP contribution in [0.5, 0.6) is 0 Å². The topological polar surface area (TPSA) is 21.6 Å². The lowest BCUT2D eigenvalue weighted by Crippen LogP contribution is -1.96. The molecule has 0 saturated carbocycles. The third kappa shape index (κ3) is 3.74. The molecular formula is C11H15NO. The van der Waals surface area contributed by atoms with Crippen LogP contribution in [0.4, 0.5) is 0 Å². The Morgan fingerprint density at radius 2 is 2.15 bits per heavy atom. The number of oxime groups is 1. The van der Waals surface area contributed by atoms with Gasteiger partial charge in [-0.05, 0) is 26.3 Å². The second-order valence-electron chi connectivity index (χ2n) is 3.30. The summed E-state index contributed by atoms with van der Waals surface area (Å²) in [6.45, 7) is 5.96. The van der Waals surface area contributed by atoms with Crippen molar-refractivity contribution in [2.75, 3.05) is 0 Å². The molecule has 0 aromatic heterocycles. The monoisotopic (exact) mass is 177 g/mol. The molecule has 0 fully saturated rings. The first-order valence-electron chi connectivity index (χ1n) is 4.44. The lowest BCUT2D eigenvalue weighted by molar-refractivity contribution is 0.0874. The SMILES string of the molecule is Cc1cccc(C=NOC(C)C)c1. The van der Waals surface area contributed by atoms with Crippen molar-refractivity contribution in [1.82, 2.24) is 0 Å². The fraction of sp³-hybridized carbons (Fsp3) is 0.364. The van der Waals surface area contributed by atoms with Crippen molar-refractivity contribution >= 4 is 6.21 Å². The van der Waals surface area contributed by atoms with Crippen LogP contribution in [0.3, 0.4) is 0 Å². The number of hydrogen-bond acceptors (Lipinski definition) is 2. The van der Waals surface area contributed by atoms with Gasteiger partial charge in [0.15, 0.2) is 0 Å². The van der Waals surface area contributed by atoms with E-state index in [4.69, 9.17) is 4.84 Å². The molecule has 1 rings (SSSR count). The van der Waals surface area contributed by atoms with Crippen LogP contribution in [-0.4, -0.2) is 12.3 Å². The lowest BCUT2D eigenvalue weighted by atomic mass is 10.2. The van der Waals surface area contributed by atoms with Gasteiger partial charge in [0, 0.05) is 0 Å². The van der Waals surface area contributed by atoms with E-state index in [1.165, 1.54) is 5.56 Å². The molecular weight excluding hydrogens is 162 g/mol. The molecule has 0 radical (unpaired) electrons. The molecule has 0 unspecified atom stereocenters. The quantitative estimate of drug-likeness (QED) is 0.514. The summed E-state index contributed by atoms with van der Waals surface area (Å²) < 4.78 is 0. The minimum absolute atomic E-state index is 0.140. The zero-order valence-electron chi connectivity index (χ0n) is 8.32.